The Kier molecular flexibility index (Phi) is 4.50. The van der Waals surface area contributed by atoms with Gasteiger partial charge in [0.1, 0.15) is 17.4 Å². The summed E-state index contributed by atoms with van der Waals surface area (Å²) >= 11 is 0. The number of hydrogen-bond acceptors (Lipinski definition) is 4. The lowest BCUT2D eigenvalue weighted by Crippen LogP contribution is -2.23. The van der Waals surface area contributed by atoms with E-state index >= 15 is 0 Å². The van der Waals surface area contributed by atoms with Gasteiger partial charge in [-0.3, -0.25) is 0 Å². The van der Waals surface area contributed by atoms with E-state index in [-0.39, 0.29) is 12.0 Å². The van der Waals surface area contributed by atoms with Crippen molar-refractivity contribution >= 4 is 22.7 Å². The largest absolute Gasteiger partial charge is 0.464 e. The fraction of sp³-hybridized carbons (Fsp3) is 0.500. The average Bonchev–Trinajstić information content (AvgIpc) is 2.76. The summed E-state index contributed by atoms with van der Waals surface area (Å²) in [5.41, 5.74) is 8.20. The first-order valence-corrected chi connectivity index (χ1v) is 7.35. The summed E-state index contributed by atoms with van der Waals surface area (Å²) in [5.74, 6) is 0.884. The van der Waals surface area contributed by atoms with Crippen molar-refractivity contribution in [3.63, 3.8) is 0 Å². The van der Waals surface area contributed by atoms with Gasteiger partial charge in [0.2, 0.25) is 0 Å². The van der Waals surface area contributed by atoms with E-state index in [0.29, 0.717) is 24.6 Å². The van der Waals surface area contributed by atoms with Crippen molar-refractivity contribution in [2.45, 2.75) is 40.2 Å². The van der Waals surface area contributed by atoms with E-state index < -0.39 is 0 Å². The number of rotatable bonds is 5. The number of imidazole rings is 1. The third-order valence-electron chi connectivity index (χ3n) is 3.46. The van der Waals surface area contributed by atoms with E-state index in [0.717, 1.165) is 16.9 Å². The normalized spacial score (nSPS) is 12.8. The third kappa shape index (κ3) is 3.01. The summed E-state index contributed by atoms with van der Waals surface area (Å²) in [6, 6.07) is 5.26. The molecule has 0 aliphatic heterocycles. The number of nitrogens with zero attached hydrogens (tertiary/aromatic N) is 2. The maximum atomic E-state index is 12.4. The monoisotopic (exact) mass is 289 g/mol. The van der Waals surface area contributed by atoms with Crippen LogP contribution in [0.15, 0.2) is 18.2 Å². The lowest BCUT2D eigenvalue weighted by molar-refractivity contribution is -0.148. The van der Waals surface area contributed by atoms with Gasteiger partial charge in [0.25, 0.3) is 0 Å². The van der Waals surface area contributed by atoms with Crippen LogP contribution in [-0.4, -0.2) is 22.1 Å². The number of hydrogen-bond donors (Lipinski definition) is 1. The average molecular weight is 289 g/mol. The molecule has 2 aromatic rings. The smallest absolute Gasteiger partial charge is 0.329 e. The van der Waals surface area contributed by atoms with Crippen LogP contribution in [0.4, 0.5) is 5.69 Å². The number of nitrogens with two attached hydrogens (primary N) is 1. The Morgan fingerprint density at radius 2 is 2.14 bits per heavy atom. The summed E-state index contributed by atoms with van der Waals surface area (Å²) in [6.07, 6.45) is 0.651. The van der Waals surface area contributed by atoms with Gasteiger partial charge in [-0.25, -0.2) is 9.78 Å². The van der Waals surface area contributed by atoms with E-state index in [1.165, 1.54) is 0 Å². The molecule has 114 valence electrons. The minimum atomic E-state index is -0.365. The number of carbonyl (C=O) groups is 1. The van der Waals surface area contributed by atoms with Crippen LogP contribution >= 0.6 is 0 Å². The predicted octanol–water partition coefficient (Wildman–Crippen LogP) is 3.08. The van der Waals surface area contributed by atoms with Crippen LogP contribution in [0.3, 0.4) is 0 Å². The van der Waals surface area contributed by atoms with Gasteiger partial charge in [0.05, 0.1) is 17.8 Å². The molecule has 5 nitrogen and oxygen atoms in total. The number of esters is 1. The lowest BCUT2D eigenvalue weighted by atomic mass is 10.2. The van der Waals surface area contributed by atoms with Gasteiger partial charge in [0.15, 0.2) is 0 Å². The van der Waals surface area contributed by atoms with Gasteiger partial charge in [-0.05, 0) is 31.4 Å². The Morgan fingerprint density at radius 3 is 2.76 bits per heavy atom. The van der Waals surface area contributed by atoms with Crippen LogP contribution in [0.2, 0.25) is 0 Å². The Hall–Kier alpha value is -2.04. The van der Waals surface area contributed by atoms with Gasteiger partial charge in [-0.1, -0.05) is 26.8 Å². The van der Waals surface area contributed by atoms with Crippen LogP contribution in [0.5, 0.6) is 0 Å². The molecular formula is C16H23N3O2. The highest BCUT2D eigenvalue weighted by Crippen LogP contribution is 2.27. The topological polar surface area (TPSA) is 70.1 Å². The molecule has 1 unspecified atom stereocenters. The fourth-order valence-corrected chi connectivity index (χ4v) is 2.45. The number of aromatic nitrogens is 2. The number of ether oxygens (including phenoxy) is 1. The summed E-state index contributed by atoms with van der Waals surface area (Å²) in [4.78, 5) is 16.8. The second kappa shape index (κ2) is 6.16. The van der Waals surface area contributed by atoms with E-state index in [1.807, 2.05) is 50.5 Å². The first-order valence-electron chi connectivity index (χ1n) is 7.35. The number of nitrogen functional groups attached to an aromatic ring is 1. The fourth-order valence-electron chi connectivity index (χ4n) is 2.45. The Bertz CT molecular complexity index is 646. The zero-order valence-electron chi connectivity index (χ0n) is 13.1. The summed E-state index contributed by atoms with van der Waals surface area (Å²) < 4.78 is 7.32. The molecule has 0 amide bonds. The molecule has 0 aliphatic carbocycles. The molecule has 21 heavy (non-hydrogen) atoms. The van der Waals surface area contributed by atoms with Crippen LogP contribution in [0.25, 0.3) is 11.0 Å². The van der Waals surface area contributed by atoms with Crippen molar-refractivity contribution < 1.29 is 9.53 Å². The molecule has 0 bridgehead atoms. The molecule has 1 aromatic carbocycles. The number of aryl methyl sites for hydroxylation is 1. The Morgan fingerprint density at radius 1 is 1.43 bits per heavy atom. The standard InChI is InChI=1S/C16H23N3O2/c1-5-13(16(20)21-9-10(2)3)19-11(4)18-15-12(17)7-6-8-14(15)19/h6-8,10,13H,5,9,17H2,1-4H3. The summed E-state index contributed by atoms with van der Waals surface area (Å²) in [6.45, 7) is 8.33. The minimum absolute atomic E-state index is 0.212. The molecule has 0 saturated carbocycles. The first kappa shape index (κ1) is 15.4. The molecule has 5 heteroatoms. The highest BCUT2D eigenvalue weighted by Gasteiger charge is 2.24. The maximum absolute atomic E-state index is 12.4. The van der Waals surface area contributed by atoms with Gasteiger partial charge in [0, 0.05) is 0 Å². The molecule has 0 spiro atoms. The molecule has 1 heterocycles. The van der Waals surface area contributed by atoms with Crippen molar-refractivity contribution in [2.75, 3.05) is 12.3 Å². The number of benzene rings is 1. The number of carbonyl (C=O) groups excluding carboxylic acids is 1. The molecule has 2 rings (SSSR count). The highest BCUT2D eigenvalue weighted by molar-refractivity contribution is 5.89. The van der Waals surface area contributed by atoms with Crippen molar-refractivity contribution in [2.24, 2.45) is 5.92 Å². The number of para-hydroxylation sites is 1. The molecule has 2 N–H and O–H groups in total. The molecule has 0 radical (unpaired) electrons. The zero-order valence-corrected chi connectivity index (χ0v) is 13.1. The summed E-state index contributed by atoms with van der Waals surface area (Å²) in [5, 5.41) is 0. The van der Waals surface area contributed by atoms with Gasteiger partial charge in [-0.2, -0.15) is 0 Å². The highest BCUT2D eigenvalue weighted by atomic mass is 16.5. The SMILES string of the molecule is CCC(C(=O)OCC(C)C)n1c(C)nc2c(N)cccc21. The van der Waals surface area contributed by atoms with Crippen LogP contribution in [0.1, 0.15) is 39.1 Å². The van der Waals surface area contributed by atoms with E-state index in [2.05, 4.69) is 4.98 Å². The van der Waals surface area contributed by atoms with Gasteiger partial charge >= 0.3 is 5.97 Å². The second-order valence-electron chi connectivity index (χ2n) is 5.69. The zero-order chi connectivity index (χ0) is 15.6. The lowest BCUT2D eigenvalue weighted by Gasteiger charge is -2.19. The Labute approximate surface area is 125 Å². The molecule has 0 aliphatic rings. The predicted molar refractivity (Wildman–Crippen MR) is 84.0 cm³/mol. The van der Waals surface area contributed by atoms with Crippen LogP contribution in [0, 0.1) is 12.8 Å². The van der Waals surface area contributed by atoms with Crippen LogP contribution < -0.4 is 5.73 Å². The van der Waals surface area contributed by atoms with Crippen molar-refractivity contribution in [3.05, 3.63) is 24.0 Å². The van der Waals surface area contributed by atoms with Crippen molar-refractivity contribution in [3.8, 4) is 0 Å². The van der Waals surface area contributed by atoms with Gasteiger partial charge < -0.3 is 15.0 Å². The molecule has 1 aromatic heterocycles. The number of fused-ring (bicyclic) bond motifs is 1. The maximum Gasteiger partial charge on any atom is 0.329 e. The van der Waals surface area contributed by atoms with E-state index in [9.17, 15) is 4.79 Å². The summed E-state index contributed by atoms with van der Waals surface area (Å²) in [7, 11) is 0. The van der Waals surface area contributed by atoms with Gasteiger partial charge in [-0.15, -0.1) is 0 Å². The van der Waals surface area contributed by atoms with Crippen molar-refractivity contribution in [1.82, 2.24) is 9.55 Å². The third-order valence-corrected chi connectivity index (χ3v) is 3.46. The Balaban J connectivity index is 2.40. The van der Waals surface area contributed by atoms with E-state index in [1.54, 1.807) is 0 Å². The van der Waals surface area contributed by atoms with E-state index in [4.69, 9.17) is 10.5 Å². The quantitative estimate of drug-likeness (QED) is 0.678. The molecule has 1 atom stereocenters. The van der Waals surface area contributed by atoms with Crippen LogP contribution in [-0.2, 0) is 9.53 Å². The van der Waals surface area contributed by atoms with Crippen molar-refractivity contribution in [1.29, 1.82) is 0 Å². The molecule has 0 fully saturated rings. The number of anilines is 1. The molecular weight excluding hydrogens is 266 g/mol. The molecule has 0 saturated heterocycles. The minimum Gasteiger partial charge on any atom is -0.464 e. The second-order valence-corrected chi connectivity index (χ2v) is 5.69. The first-order chi connectivity index (χ1) is 9.95.